The number of carboxylic acid groups (broad SMARTS) is 2. The predicted molar refractivity (Wildman–Crippen MR) is 40.5 cm³/mol. The molecule has 0 saturated carbocycles. The second-order valence-electron chi connectivity index (χ2n) is 1.47. The quantitative estimate of drug-likeness (QED) is 0.361. The van der Waals surface area contributed by atoms with Gasteiger partial charge in [-0.2, -0.15) is 0 Å². The number of hydrogen-bond donors (Lipinski definition) is 5. The van der Waals surface area contributed by atoms with E-state index in [9.17, 15) is 9.59 Å². The molecular weight excluding hydrogens is 168 g/mol. The van der Waals surface area contributed by atoms with Crippen molar-refractivity contribution in [1.29, 1.82) is 0 Å². The van der Waals surface area contributed by atoms with Gasteiger partial charge in [-0.25, -0.2) is 9.59 Å². The van der Waals surface area contributed by atoms with Crippen molar-refractivity contribution in [3.8, 4) is 0 Å². The minimum atomic E-state index is -1.43. The van der Waals surface area contributed by atoms with Crippen LogP contribution in [0.3, 0.4) is 0 Å². The van der Waals surface area contributed by atoms with Crippen molar-refractivity contribution in [3.05, 3.63) is 11.6 Å². The topological polar surface area (TPSA) is 165 Å². The molecule has 7 heteroatoms. The summed E-state index contributed by atoms with van der Waals surface area (Å²) < 4.78 is 0. The first-order valence-corrected chi connectivity index (χ1v) is 2.35. The molecule has 0 atom stereocenters. The highest BCUT2D eigenvalue weighted by Gasteiger charge is 2.06. The lowest BCUT2D eigenvalue weighted by molar-refractivity contribution is -0.135. The van der Waals surface area contributed by atoms with E-state index in [4.69, 9.17) is 15.3 Å². The molecular formula is C5H12N2O5. The summed E-state index contributed by atoms with van der Waals surface area (Å²) in [6.45, 7) is -0.776. The molecule has 9 N–H and O–H groups in total. The highest BCUT2D eigenvalue weighted by molar-refractivity contribution is 5.94. The zero-order chi connectivity index (χ0) is 8.15. The molecule has 0 radical (unpaired) electrons. The van der Waals surface area contributed by atoms with Gasteiger partial charge in [0.25, 0.3) is 0 Å². The molecule has 0 fully saturated rings. The van der Waals surface area contributed by atoms with Crippen molar-refractivity contribution < 1.29 is 24.9 Å². The van der Waals surface area contributed by atoms with Crippen molar-refractivity contribution in [3.63, 3.8) is 0 Å². The molecule has 0 saturated heterocycles. The highest BCUT2D eigenvalue weighted by Crippen LogP contribution is 1.91. The molecule has 0 aromatic heterocycles. The number of carboxylic acids is 2. The van der Waals surface area contributed by atoms with E-state index in [2.05, 4.69) is 0 Å². The van der Waals surface area contributed by atoms with E-state index in [0.717, 1.165) is 0 Å². The number of carbonyl (C=O) groups is 2. The van der Waals surface area contributed by atoms with Crippen LogP contribution in [-0.2, 0) is 9.59 Å². The second kappa shape index (κ2) is 7.66. The lowest BCUT2D eigenvalue weighted by Gasteiger charge is -1.91. The van der Waals surface area contributed by atoms with Gasteiger partial charge >= 0.3 is 11.9 Å². The Morgan fingerprint density at radius 2 is 1.58 bits per heavy atom. The van der Waals surface area contributed by atoms with Gasteiger partial charge in [-0.05, 0) is 0 Å². The molecule has 12 heavy (non-hydrogen) atoms. The van der Waals surface area contributed by atoms with E-state index in [1.807, 2.05) is 0 Å². The van der Waals surface area contributed by atoms with E-state index in [0.29, 0.717) is 6.08 Å². The van der Waals surface area contributed by atoms with Crippen LogP contribution >= 0.6 is 0 Å². The summed E-state index contributed by atoms with van der Waals surface area (Å²) >= 11 is 0. The monoisotopic (exact) mass is 180 g/mol. The Labute approximate surface area is 68.5 Å². The van der Waals surface area contributed by atoms with Gasteiger partial charge in [0.05, 0.1) is 12.2 Å². The lowest BCUT2D eigenvalue weighted by atomic mass is 10.3. The molecule has 0 aliphatic carbocycles. The fraction of sp³-hybridized carbons (Fsp3) is 0.200. The SMILES string of the molecule is N.N.O=C(O)/C=C(/CO)C(=O)O. The van der Waals surface area contributed by atoms with Gasteiger partial charge in [-0.15, -0.1) is 0 Å². The van der Waals surface area contributed by atoms with Crippen molar-refractivity contribution in [1.82, 2.24) is 12.3 Å². The fourth-order valence-electron chi connectivity index (χ4n) is 0.324. The molecule has 0 rings (SSSR count). The summed E-state index contributed by atoms with van der Waals surface area (Å²) in [4.78, 5) is 19.8. The molecule has 0 bridgehead atoms. The minimum Gasteiger partial charge on any atom is -0.478 e. The van der Waals surface area contributed by atoms with Crippen molar-refractivity contribution in [2.75, 3.05) is 6.61 Å². The van der Waals surface area contributed by atoms with Crippen LogP contribution in [0.5, 0.6) is 0 Å². The van der Waals surface area contributed by atoms with E-state index in [1.165, 1.54) is 0 Å². The Hall–Kier alpha value is -1.44. The first kappa shape index (κ1) is 16.9. The fourth-order valence-corrected chi connectivity index (χ4v) is 0.324. The number of aliphatic hydroxyl groups excluding tert-OH is 1. The van der Waals surface area contributed by atoms with Gasteiger partial charge in [-0.1, -0.05) is 0 Å². The molecule has 0 amide bonds. The first-order valence-electron chi connectivity index (χ1n) is 2.35. The Morgan fingerprint density at radius 3 is 1.67 bits per heavy atom. The summed E-state index contributed by atoms with van der Waals surface area (Å²) in [5.41, 5.74) is -0.535. The van der Waals surface area contributed by atoms with Crippen molar-refractivity contribution in [2.24, 2.45) is 0 Å². The molecule has 0 heterocycles. The molecule has 7 nitrogen and oxygen atoms in total. The average Bonchev–Trinajstić information content (AvgIpc) is 1.81. The Balaban J connectivity index is -0.000000405. The second-order valence-corrected chi connectivity index (χ2v) is 1.47. The first-order chi connectivity index (χ1) is 4.57. The molecule has 72 valence electrons. The third kappa shape index (κ3) is 6.68. The minimum absolute atomic E-state index is 0. The van der Waals surface area contributed by atoms with E-state index in [1.54, 1.807) is 0 Å². The number of rotatable bonds is 3. The van der Waals surface area contributed by atoms with Crippen LogP contribution in [0, 0.1) is 0 Å². The van der Waals surface area contributed by atoms with Crippen LogP contribution in [0.1, 0.15) is 0 Å². The largest absolute Gasteiger partial charge is 0.478 e. The van der Waals surface area contributed by atoms with Crippen molar-refractivity contribution >= 4 is 11.9 Å². The van der Waals surface area contributed by atoms with Crippen LogP contribution in [0.15, 0.2) is 11.6 Å². The molecule has 0 unspecified atom stereocenters. The lowest BCUT2D eigenvalue weighted by Crippen LogP contribution is -2.07. The normalized spacial score (nSPS) is 9.25. The summed E-state index contributed by atoms with van der Waals surface area (Å²) in [6.07, 6.45) is 0.447. The van der Waals surface area contributed by atoms with Crippen LogP contribution < -0.4 is 12.3 Å². The van der Waals surface area contributed by atoms with Gasteiger partial charge < -0.3 is 27.6 Å². The Kier molecular flexibility index (Phi) is 10.8. The maximum Gasteiger partial charge on any atom is 0.334 e. The molecule has 0 aliphatic heterocycles. The van der Waals surface area contributed by atoms with Crippen molar-refractivity contribution in [2.45, 2.75) is 0 Å². The Morgan fingerprint density at radius 1 is 1.17 bits per heavy atom. The van der Waals surface area contributed by atoms with E-state index >= 15 is 0 Å². The Bertz CT molecular complexity index is 188. The molecule has 0 aromatic carbocycles. The summed E-state index contributed by atoms with van der Waals surface area (Å²) in [6, 6.07) is 0. The van der Waals surface area contributed by atoms with Gasteiger partial charge in [0.15, 0.2) is 0 Å². The van der Waals surface area contributed by atoms with E-state index < -0.39 is 24.1 Å². The van der Waals surface area contributed by atoms with Crippen LogP contribution in [0.4, 0.5) is 0 Å². The summed E-state index contributed by atoms with van der Waals surface area (Å²) in [7, 11) is 0. The number of aliphatic carboxylic acids is 2. The van der Waals surface area contributed by atoms with Crippen LogP contribution in [0.25, 0.3) is 0 Å². The van der Waals surface area contributed by atoms with Crippen LogP contribution in [0.2, 0.25) is 0 Å². The number of aliphatic hydroxyl groups is 1. The average molecular weight is 180 g/mol. The smallest absolute Gasteiger partial charge is 0.334 e. The standard InChI is InChI=1S/C5H6O5.2H3N/c6-2-3(5(9)10)1-4(7)8;;/h1,6H,2H2,(H,7,8)(H,9,10);2*1H3/b3-1-;;. The zero-order valence-corrected chi connectivity index (χ0v) is 6.36. The molecule has 0 aliphatic rings. The van der Waals surface area contributed by atoms with Gasteiger partial charge in [0.2, 0.25) is 0 Å². The van der Waals surface area contributed by atoms with Gasteiger partial charge in [0.1, 0.15) is 0 Å². The van der Waals surface area contributed by atoms with Crippen LogP contribution in [-0.4, -0.2) is 33.9 Å². The maximum atomic E-state index is 9.97. The third-order valence-electron chi connectivity index (χ3n) is 0.743. The predicted octanol–water partition coefficient (Wildman–Crippen LogP) is -0.602. The zero-order valence-electron chi connectivity index (χ0n) is 6.36. The molecule has 0 aromatic rings. The maximum absolute atomic E-state index is 9.97. The summed E-state index contributed by atoms with van der Waals surface area (Å²) in [5, 5.41) is 24.4. The third-order valence-corrected chi connectivity index (χ3v) is 0.743. The highest BCUT2D eigenvalue weighted by atomic mass is 16.4. The molecule has 0 spiro atoms. The number of hydrogen-bond acceptors (Lipinski definition) is 5. The van der Waals surface area contributed by atoms with Gasteiger partial charge in [0, 0.05) is 6.08 Å². The van der Waals surface area contributed by atoms with E-state index in [-0.39, 0.29) is 12.3 Å². The van der Waals surface area contributed by atoms with Gasteiger partial charge in [-0.3, -0.25) is 0 Å². The summed E-state index contributed by atoms with van der Waals surface area (Å²) in [5.74, 6) is -2.81.